The van der Waals surface area contributed by atoms with Crippen LogP contribution < -0.4 is 5.32 Å². The lowest BCUT2D eigenvalue weighted by atomic mass is 10.3. The number of likely N-dealkylation sites (N-methyl/N-ethyl adjacent to an activating group) is 1. The summed E-state index contributed by atoms with van der Waals surface area (Å²) in [4.78, 5) is 2.01. The summed E-state index contributed by atoms with van der Waals surface area (Å²) >= 11 is 1.37. The van der Waals surface area contributed by atoms with Gasteiger partial charge in [-0.15, -0.1) is 5.10 Å². The summed E-state index contributed by atoms with van der Waals surface area (Å²) in [6.45, 7) is 4.61. The molecule has 0 aliphatic carbocycles. The first-order valence-electron chi connectivity index (χ1n) is 6.08. The van der Waals surface area contributed by atoms with Crippen LogP contribution in [-0.4, -0.2) is 59.6 Å². The first-order valence-corrected chi connectivity index (χ1v) is 6.85. The smallest absolute Gasteiger partial charge is 0.134 e. The van der Waals surface area contributed by atoms with Crippen molar-refractivity contribution in [2.45, 2.75) is 26.0 Å². The molecule has 1 aromatic heterocycles. The molecule has 18 heavy (non-hydrogen) atoms. The van der Waals surface area contributed by atoms with Crippen molar-refractivity contribution >= 4 is 16.5 Å². The summed E-state index contributed by atoms with van der Waals surface area (Å²) in [6.07, 6.45) is 0.596. The van der Waals surface area contributed by atoms with Gasteiger partial charge in [-0.1, -0.05) is 11.4 Å². The van der Waals surface area contributed by atoms with E-state index in [9.17, 15) is 5.11 Å². The molecule has 0 bridgehead atoms. The molecule has 0 saturated heterocycles. The van der Waals surface area contributed by atoms with Crippen LogP contribution in [0.2, 0.25) is 0 Å². The summed E-state index contributed by atoms with van der Waals surface area (Å²) in [5.41, 5.74) is 0.931. The highest BCUT2D eigenvalue weighted by molar-refractivity contribution is 7.10. The third-order valence-electron chi connectivity index (χ3n) is 2.39. The molecule has 0 radical (unpaired) electrons. The van der Waals surface area contributed by atoms with Crippen LogP contribution in [0.25, 0.3) is 0 Å². The van der Waals surface area contributed by atoms with Crippen LogP contribution in [0.15, 0.2) is 0 Å². The third-order valence-corrected chi connectivity index (χ3v) is 3.12. The fraction of sp³-hybridized carbons (Fsp3) is 0.818. The molecule has 1 rings (SSSR count). The number of aromatic nitrogens is 2. The zero-order valence-electron chi connectivity index (χ0n) is 11.2. The number of methoxy groups -OCH3 is 1. The minimum Gasteiger partial charge on any atom is -0.389 e. The van der Waals surface area contributed by atoms with Crippen LogP contribution in [0.3, 0.4) is 0 Å². The average Bonchev–Trinajstić information content (AvgIpc) is 2.73. The lowest BCUT2D eigenvalue weighted by Gasteiger charge is -2.19. The molecule has 0 aromatic carbocycles. The number of nitrogens with zero attached hydrogens (tertiary/aromatic N) is 3. The number of hydrogen-bond acceptors (Lipinski definition) is 7. The van der Waals surface area contributed by atoms with Crippen molar-refractivity contribution in [2.75, 3.05) is 39.2 Å². The SMILES string of the molecule is CCCNc1snnc1CN(C)CC(O)COC. The van der Waals surface area contributed by atoms with Gasteiger partial charge in [0.05, 0.1) is 12.7 Å². The van der Waals surface area contributed by atoms with Gasteiger partial charge in [0.15, 0.2) is 0 Å². The van der Waals surface area contributed by atoms with E-state index in [1.807, 2.05) is 11.9 Å². The highest BCUT2D eigenvalue weighted by Gasteiger charge is 2.13. The highest BCUT2D eigenvalue weighted by Crippen LogP contribution is 2.18. The van der Waals surface area contributed by atoms with E-state index >= 15 is 0 Å². The number of anilines is 1. The van der Waals surface area contributed by atoms with Crippen molar-refractivity contribution in [1.82, 2.24) is 14.5 Å². The predicted octanol–water partition coefficient (Wildman–Crippen LogP) is 0.799. The fourth-order valence-corrected chi connectivity index (χ4v) is 2.21. The van der Waals surface area contributed by atoms with Gasteiger partial charge >= 0.3 is 0 Å². The molecule has 1 heterocycles. The van der Waals surface area contributed by atoms with Crippen LogP contribution in [0, 0.1) is 0 Å². The molecule has 0 aliphatic rings. The van der Waals surface area contributed by atoms with E-state index in [0.29, 0.717) is 19.7 Å². The lowest BCUT2D eigenvalue weighted by Crippen LogP contribution is -2.31. The topological polar surface area (TPSA) is 70.5 Å². The normalized spacial score (nSPS) is 12.9. The summed E-state index contributed by atoms with van der Waals surface area (Å²) in [7, 11) is 3.53. The Morgan fingerprint density at radius 2 is 2.33 bits per heavy atom. The number of rotatable bonds is 9. The van der Waals surface area contributed by atoms with Crippen molar-refractivity contribution < 1.29 is 9.84 Å². The van der Waals surface area contributed by atoms with Crippen LogP contribution in [0.4, 0.5) is 5.00 Å². The van der Waals surface area contributed by atoms with Crippen molar-refractivity contribution in [3.8, 4) is 0 Å². The van der Waals surface area contributed by atoms with E-state index in [-0.39, 0.29) is 0 Å². The second-order valence-corrected chi connectivity index (χ2v) is 5.04. The molecule has 7 heteroatoms. The number of ether oxygens (including phenoxy) is 1. The molecule has 0 amide bonds. The Hall–Kier alpha value is -0.760. The van der Waals surface area contributed by atoms with E-state index in [1.54, 1.807) is 7.11 Å². The molecule has 0 fully saturated rings. The van der Waals surface area contributed by atoms with Gasteiger partial charge in [0.25, 0.3) is 0 Å². The molecule has 1 unspecified atom stereocenters. The summed E-state index contributed by atoms with van der Waals surface area (Å²) in [5.74, 6) is 0. The molecule has 1 atom stereocenters. The average molecular weight is 274 g/mol. The quantitative estimate of drug-likeness (QED) is 0.694. The van der Waals surface area contributed by atoms with E-state index in [1.165, 1.54) is 11.5 Å². The standard InChI is InChI=1S/C11H22N4O2S/c1-4-5-12-11-10(13-14-18-11)7-15(2)6-9(16)8-17-3/h9,12,16H,4-8H2,1-3H3. The molecule has 1 aromatic rings. The Morgan fingerprint density at radius 1 is 1.56 bits per heavy atom. The van der Waals surface area contributed by atoms with Gasteiger partial charge in [-0.05, 0) is 13.5 Å². The second kappa shape index (κ2) is 8.36. The molecule has 0 spiro atoms. The van der Waals surface area contributed by atoms with Gasteiger partial charge in [0, 0.05) is 38.3 Å². The van der Waals surface area contributed by atoms with E-state index < -0.39 is 6.10 Å². The largest absolute Gasteiger partial charge is 0.389 e. The maximum atomic E-state index is 9.64. The van der Waals surface area contributed by atoms with E-state index in [0.717, 1.165) is 23.7 Å². The molecule has 0 aliphatic heterocycles. The van der Waals surface area contributed by atoms with Crippen LogP contribution >= 0.6 is 11.5 Å². The first kappa shape index (κ1) is 15.3. The van der Waals surface area contributed by atoms with Crippen molar-refractivity contribution in [3.05, 3.63) is 5.69 Å². The number of aliphatic hydroxyl groups is 1. The Labute approximate surface area is 112 Å². The summed E-state index contributed by atoms with van der Waals surface area (Å²) in [6, 6.07) is 0. The lowest BCUT2D eigenvalue weighted by molar-refractivity contribution is 0.0417. The molecular weight excluding hydrogens is 252 g/mol. The zero-order chi connectivity index (χ0) is 13.4. The fourth-order valence-electron chi connectivity index (χ4n) is 1.61. The number of hydrogen-bond donors (Lipinski definition) is 2. The van der Waals surface area contributed by atoms with Gasteiger partial charge in [-0.2, -0.15) is 0 Å². The van der Waals surface area contributed by atoms with E-state index in [2.05, 4.69) is 21.8 Å². The van der Waals surface area contributed by atoms with Gasteiger partial charge in [0.2, 0.25) is 0 Å². The van der Waals surface area contributed by atoms with Crippen LogP contribution in [-0.2, 0) is 11.3 Å². The third kappa shape index (κ3) is 5.26. The maximum absolute atomic E-state index is 9.64. The summed E-state index contributed by atoms with van der Waals surface area (Å²) in [5, 5.41) is 18.1. The van der Waals surface area contributed by atoms with Gasteiger partial charge < -0.3 is 15.2 Å². The second-order valence-electron chi connectivity index (χ2n) is 4.28. The van der Waals surface area contributed by atoms with Gasteiger partial charge in [-0.25, -0.2) is 0 Å². The molecular formula is C11H22N4O2S. The number of nitrogens with one attached hydrogen (secondary N) is 1. The van der Waals surface area contributed by atoms with Gasteiger partial charge in [-0.3, -0.25) is 4.90 Å². The Kier molecular flexibility index (Phi) is 7.11. The number of aliphatic hydroxyl groups excluding tert-OH is 1. The molecule has 6 nitrogen and oxygen atoms in total. The van der Waals surface area contributed by atoms with Crippen molar-refractivity contribution in [1.29, 1.82) is 0 Å². The van der Waals surface area contributed by atoms with Crippen LogP contribution in [0.1, 0.15) is 19.0 Å². The maximum Gasteiger partial charge on any atom is 0.134 e. The minimum absolute atomic E-state index is 0.348. The molecule has 0 saturated carbocycles. The Balaban J connectivity index is 2.43. The molecule has 104 valence electrons. The van der Waals surface area contributed by atoms with Crippen molar-refractivity contribution in [3.63, 3.8) is 0 Å². The zero-order valence-corrected chi connectivity index (χ0v) is 12.0. The Morgan fingerprint density at radius 3 is 3.00 bits per heavy atom. The first-order chi connectivity index (χ1) is 8.67. The van der Waals surface area contributed by atoms with Crippen LogP contribution in [0.5, 0.6) is 0 Å². The minimum atomic E-state index is -0.473. The predicted molar refractivity (Wildman–Crippen MR) is 72.9 cm³/mol. The highest BCUT2D eigenvalue weighted by atomic mass is 32.1. The van der Waals surface area contributed by atoms with Gasteiger partial charge in [0.1, 0.15) is 10.7 Å². The van der Waals surface area contributed by atoms with E-state index in [4.69, 9.17) is 4.74 Å². The summed E-state index contributed by atoms with van der Waals surface area (Å²) < 4.78 is 8.86. The monoisotopic (exact) mass is 274 g/mol. The Bertz CT molecular complexity index is 335. The van der Waals surface area contributed by atoms with Crippen molar-refractivity contribution in [2.24, 2.45) is 0 Å². The molecule has 2 N–H and O–H groups in total.